The van der Waals surface area contributed by atoms with Gasteiger partial charge in [0, 0.05) is 51.2 Å². The molecular weight excluding hydrogens is 473 g/mol. The highest BCUT2D eigenvalue weighted by Gasteiger charge is 2.20. The summed E-state index contributed by atoms with van der Waals surface area (Å²) in [6.07, 6.45) is 3.94. The first-order chi connectivity index (χ1) is 12.5. The number of nitrogens with one attached hydrogen (secondary N) is 2. The number of rotatable bonds is 6. The molecule has 0 radical (unpaired) electrons. The normalized spacial score (nSPS) is 12.7. The third-order valence-electron chi connectivity index (χ3n) is 3.79. The third-order valence-corrected chi connectivity index (χ3v) is 3.79. The SMILES string of the molecule is CN=C(NCc1ccn(C)c1)NCc1cc2c(cc1OC(F)F)OCO2.I. The van der Waals surface area contributed by atoms with Gasteiger partial charge in [-0.15, -0.1) is 24.0 Å². The van der Waals surface area contributed by atoms with E-state index in [4.69, 9.17) is 9.47 Å². The van der Waals surface area contributed by atoms with Crippen LogP contribution in [-0.4, -0.2) is 31.0 Å². The first-order valence-electron chi connectivity index (χ1n) is 7.98. The number of aliphatic imine (C=N–C) groups is 1. The fourth-order valence-corrected chi connectivity index (χ4v) is 2.56. The van der Waals surface area contributed by atoms with E-state index < -0.39 is 6.61 Å². The van der Waals surface area contributed by atoms with Crippen molar-refractivity contribution in [2.45, 2.75) is 19.7 Å². The second-order valence-corrected chi connectivity index (χ2v) is 5.66. The Morgan fingerprint density at radius 1 is 1.26 bits per heavy atom. The van der Waals surface area contributed by atoms with E-state index in [-0.39, 0.29) is 43.1 Å². The van der Waals surface area contributed by atoms with Crippen molar-refractivity contribution in [3.8, 4) is 17.2 Å². The standard InChI is InChI=1S/C17H20F2N4O3.HI/c1-20-17(21-7-11-3-4-23(2)9-11)22-8-12-5-14-15(25-10-24-14)6-13(12)26-16(18)19;/h3-6,9,16H,7-8,10H2,1-2H3,(H2,20,21,22);1H. The van der Waals surface area contributed by atoms with Gasteiger partial charge in [0.2, 0.25) is 6.79 Å². The molecule has 0 bridgehead atoms. The number of nitrogens with zero attached hydrogens (tertiary/aromatic N) is 2. The molecule has 7 nitrogen and oxygen atoms in total. The van der Waals surface area contributed by atoms with Crippen molar-refractivity contribution in [3.05, 3.63) is 41.7 Å². The number of hydrogen-bond acceptors (Lipinski definition) is 4. The lowest BCUT2D eigenvalue weighted by Crippen LogP contribution is -2.36. The van der Waals surface area contributed by atoms with Gasteiger partial charge in [-0.1, -0.05) is 0 Å². The Kier molecular flexibility index (Phi) is 7.51. The second-order valence-electron chi connectivity index (χ2n) is 5.66. The summed E-state index contributed by atoms with van der Waals surface area (Å²) in [5.41, 5.74) is 1.61. The first-order valence-corrected chi connectivity index (χ1v) is 7.98. The maximum Gasteiger partial charge on any atom is 0.387 e. The van der Waals surface area contributed by atoms with Crippen LogP contribution in [0.2, 0.25) is 0 Å². The van der Waals surface area contributed by atoms with Crippen molar-refractivity contribution in [2.75, 3.05) is 13.8 Å². The molecule has 1 aliphatic heterocycles. The van der Waals surface area contributed by atoms with Gasteiger partial charge in [0.25, 0.3) is 0 Å². The van der Waals surface area contributed by atoms with E-state index in [1.165, 1.54) is 6.07 Å². The molecule has 0 aliphatic carbocycles. The Bertz CT molecular complexity index is 798. The van der Waals surface area contributed by atoms with Gasteiger partial charge >= 0.3 is 6.61 Å². The van der Waals surface area contributed by atoms with E-state index in [0.29, 0.717) is 29.6 Å². The smallest absolute Gasteiger partial charge is 0.387 e. The number of aryl methyl sites for hydroxylation is 1. The number of ether oxygens (including phenoxy) is 3. The topological polar surface area (TPSA) is 69.0 Å². The number of benzene rings is 1. The van der Waals surface area contributed by atoms with E-state index in [1.807, 2.05) is 30.1 Å². The summed E-state index contributed by atoms with van der Waals surface area (Å²) in [5.74, 6) is 1.46. The molecule has 2 aromatic rings. The molecule has 2 heterocycles. The van der Waals surface area contributed by atoms with Crippen LogP contribution in [0.1, 0.15) is 11.1 Å². The van der Waals surface area contributed by atoms with E-state index in [9.17, 15) is 8.78 Å². The summed E-state index contributed by atoms with van der Waals surface area (Å²) in [6, 6.07) is 5.02. The minimum absolute atomic E-state index is 0. The van der Waals surface area contributed by atoms with Gasteiger partial charge in [-0.25, -0.2) is 0 Å². The van der Waals surface area contributed by atoms with Crippen LogP contribution in [0.4, 0.5) is 8.78 Å². The molecule has 148 valence electrons. The Morgan fingerprint density at radius 2 is 1.96 bits per heavy atom. The quantitative estimate of drug-likeness (QED) is 0.368. The number of alkyl halides is 2. The number of hydrogen-bond donors (Lipinski definition) is 2. The summed E-state index contributed by atoms with van der Waals surface area (Å²) in [6.45, 7) is -2.06. The van der Waals surface area contributed by atoms with Crippen molar-refractivity contribution in [2.24, 2.45) is 12.0 Å². The molecule has 0 atom stereocenters. The molecule has 0 amide bonds. The molecule has 1 aromatic heterocycles. The van der Waals surface area contributed by atoms with Gasteiger partial charge in [-0.05, 0) is 17.7 Å². The van der Waals surface area contributed by atoms with Crippen LogP contribution in [0.15, 0.2) is 35.6 Å². The summed E-state index contributed by atoms with van der Waals surface area (Å²) in [4.78, 5) is 4.13. The fraction of sp³-hybridized carbons (Fsp3) is 0.353. The predicted octanol–water partition coefficient (Wildman–Crippen LogP) is 2.84. The third kappa shape index (κ3) is 5.62. The molecule has 1 aromatic carbocycles. The molecular formula is C17H21F2IN4O3. The number of aromatic nitrogens is 1. The van der Waals surface area contributed by atoms with Crippen molar-refractivity contribution >= 4 is 29.9 Å². The first kappa shape index (κ1) is 21.1. The highest BCUT2D eigenvalue weighted by molar-refractivity contribution is 14.0. The Hall–Kier alpha value is -2.24. The van der Waals surface area contributed by atoms with Crippen LogP contribution in [0.3, 0.4) is 0 Å². The highest BCUT2D eigenvalue weighted by atomic mass is 127. The number of fused-ring (bicyclic) bond motifs is 1. The van der Waals surface area contributed by atoms with Crippen molar-refractivity contribution in [1.29, 1.82) is 0 Å². The Labute approximate surface area is 172 Å². The number of halogens is 3. The van der Waals surface area contributed by atoms with Crippen LogP contribution >= 0.6 is 24.0 Å². The van der Waals surface area contributed by atoms with E-state index >= 15 is 0 Å². The van der Waals surface area contributed by atoms with E-state index in [1.54, 1.807) is 13.1 Å². The molecule has 10 heteroatoms. The van der Waals surface area contributed by atoms with Crippen LogP contribution in [0.5, 0.6) is 17.2 Å². The molecule has 0 saturated carbocycles. The lowest BCUT2D eigenvalue weighted by molar-refractivity contribution is -0.0505. The Balaban J connectivity index is 0.00000261. The van der Waals surface area contributed by atoms with E-state index in [2.05, 4.69) is 20.4 Å². The molecule has 27 heavy (non-hydrogen) atoms. The average Bonchev–Trinajstić information content (AvgIpc) is 3.22. The lowest BCUT2D eigenvalue weighted by Gasteiger charge is -2.15. The summed E-state index contributed by atoms with van der Waals surface area (Å²) in [7, 11) is 3.58. The molecule has 1 aliphatic rings. The zero-order chi connectivity index (χ0) is 18.5. The zero-order valence-electron chi connectivity index (χ0n) is 14.9. The van der Waals surface area contributed by atoms with Gasteiger partial charge in [-0.3, -0.25) is 4.99 Å². The second kappa shape index (κ2) is 9.62. The lowest BCUT2D eigenvalue weighted by atomic mass is 10.1. The van der Waals surface area contributed by atoms with Gasteiger partial charge in [-0.2, -0.15) is 8.78 Å². The molecule has 0 fully saturated rings. The van der Waals surface area contributed by atoms with Crippen molar-refractivity contribution < 1.29 is 23.0 Å². The van der Waals surface area contributed by atoms with Gasteiger partial charge < -0.3 is 29.4 Å². The summed E-state index contributed by atoms with van der Waals surface area (Å²) < 4.78 is 42.4. The molecule has 0 unspecified atom stereocenters. The molecule has 0 spiro atoms. The van der Waals surface area contributed by atoms with Crippen LogP contribution in [0.25, 0.3) is 0 Å². The monoisotopic (exact) mass is 494 g/mol. The van der Waals surface area contributed by atoms with Crippen LogP contribution in [0, 0.1) is 0 Å². The largest absolute Gasteiger partial charge is 0.454 e. The molecule has 3 rings (SSSR count). The minimum atomic E-state index is -2.93. The molecule has 2 N–H and O–H groups in total. The predicted molar refractivity (Wildman–Crippen MR) is 107 cm³/mol. The van der Waals surface area contributed by atoms with Crippen molar-refractivity contribution in [1.82, 2.24) is 15.2 Å². The van der Waals surface area contributed by atoms with E-state index in [0.717, 1.165) is 5.56 Å². The summed E-state index contributed by atoms with van der Waals surface area (Å²) in [5, 5.41) is 6.24. The zero-order valence-corrected chi connectivity index (χ0v) is 17.2. The maximum atomic E-state index is 12.7. The number of guanidine groups is 1. The fourth-order valence-electron chi connectivity index (χ4n) is 2.56. The van der Waals surface area contributed by atoms with Crippen LogP contribution in [-0.2, 0) is 20.1 Å². The van der Waals surface area contributed by atoms with Gasteiger partial charge in [0.15, 0.2) is 17.5 Å². The van der Waals surface area contributed by atoms with Gasteiger partial charge in [0.1, 0.15) is 5.75 Å². The molecule has 0 saturated heterocycles. The van der Waals surface area contributed by atoms with Crippen molar-refractivity contribution in [3.63, 3.8) is 0 Å². The highest BCUT2D eigenvalue weighted by Crippen LogP contribution is 2.38. The minimum Gasteiger partial charge on any atom is -0.454 e. The Morgan fingerprint density at radius 3 is 2.59 bits per heavy atom. The van der Waals surface area contributed by atoms with Gasteiger partial charge in [0.05, 0.1) is 0 Å². The maximum absolute atomic E-state index is 12.7. The summed E-state index contributed by atoms with van der Waals surface area (Å²) >= 11 is 0. The van der Waals surface area contributed by atoms with Crippen LogP contribution < -0.4 is 24.8 Å². The average molecular weight is 494 g/mol.